The van der Waals surface area contributed by atoms with E-state index in [9.17, 15) is 4.39 Å². The van der Waals surface area contributed by atoms with Crippen molar-refractivity contribution in [3.8, 4) is 28.3 Å². The minimum atomic E-state index is -0.301. The Bertz CT molecular complexity index is 1580. The van der Waals surface area contributed by atoms with Gasteiger partial charge in [-0.3, -0.25) is 4.98 Å². The summed E-state index contributed by atoms with van der Waals surface area (Å²) in [5.41, 5.74) is 4.84. The molecule has 0 spiro atoms. The SMILES string of the molecule is COc1cc(-c2ccccc2F)cc2c(N3CCc4cc(Cl)ccc43)nc(-c3cccnc3)nc12. The number of rotatable bonds is 4. The molecule has 0 amide bonds. The van der Waals surface area contributed by atoms with Crippen LogP contribution in [0.25, 0.3) is 33.4 Å². The van der Waals surface area contributed by atoms with E-state index in [2.05, 4.69) is 9.88 Å². The zero-order valence-electron chi connectivity index (χ0n) is 18.9. The van der Waals surface area contributed by atoms with Crippen molar-refractivity contribution < 1.29 is 9.13 Å². The van der Waals surface area contributed by atoms with Crippen molar-refractivity contribution in [2.75, 3.05) is 18.6 Å². The zero-order valence-corrected chi connectivity index (χ0v) is 19.6. The van der Waals surface area contributed by atoms with Crippen molar-refractivity contribution in [2.24, 2.45) is 0 Å². The number of pyridine rings is 1. The molecule has 0 N–H and O–H groups in total. The van der Waals surface area contributed by atoms with E-state index in [0.717, 1.165) is 41.0 Å². The van der Waals surface area contributed by atoms with Crippen LogP contribution < -0.4 is 9.64 Å². The first-order valence-corrected chi connectivity index (χ1v) is 11.6. The molecule has 0 fully saturated rings. The predicted octanol–water partition coefficient (Wildman–Crippen LogP) is 6.85. The second-order valence-corrected chi connectivity index (χ2v) is 8.78. The van der Waals surface area contributed by atoms with E-state index in [1.165, 1.54) is 6.07 Å². The summed E-state index contributed by atoms with van der Waals surface area (Å²) >= 11 is 6.26. The van der Waals surface area contributed by atoms with Crippen molar-refractivity contribution in [1.82, 2.24) is 15.0 Å². The van der Waals surface area contributed by atoms with Gasteiger partial charge < -0.3 is 9.64 Å². The van der Waals surface area contributed by atoms with E-state index in [4.69, 9.17) is 26.3 Å². The largest absolute Gasteiger partial charge is 0.494 e. The Morgan fingerprint density at radius 2 is 1.86 bits per heavy atom. The standard InChI is InChI=1S/C28H20ClFN4O/c1-35-25-15-19(21-6-2-3-7-23(21)30)14-22-26(25)32-27(18-5-4-11-31-16-18)33-28(22)34-12-10-17-13-20(29)8-9-24(17)34/h2-9,11,13-16H,10,12H2,1H3. The molecule has 5 nitrogen and oxygen atoms in total. The number of halogens is 2. The highest BCUT2D eigenvalue weighted by Gasteiger charge is 2.26. The Morgan fingerprint density at radius 1 is 0.971 bits per heavy atom. The molecule has 3 aromatic carbocycles. The number of anilines is 2. The van der Waals surface area contributed by atoms with Crippen LogP contribution in [0.5, 0.6) is 5.75 Å². The van der Waals surface area contributed by atoms with Gasteiger partial charge >= 0.3 is 0 Å². The first-order chi connectivity index (χ1) is 17.1. The summed E-state index contributed by atoms with van der Waals surface area (Å²) < 4.78 is 20.5. The third-order valence-electron chi connectivity index (χ3n) is 6.26. The van der Waals surface area contributed by atoms with Gasteiger partial charge in [-0.15, -0.1) is 0 Å². The van der Waals surface area contributed by atoms with Crippen LogP contribution in [-0.2, 0) is 6.42 Å². The van der Waals surface area contributed by atoms with Gasteiger partial charge in [0.2, 0.25) is 0 Å². The molecule has 172 valence electrons. The molecule has 35 heavy (non-hydrogen) atoms. The molecule has 0 atom stereocenters. The fraction of sp³-hybridized carbons (Fsp3) is 0.107. The smallest absolute Gasteiger partial charge is 0.163 e. The van der Waals surface area contributed by atoms with Crippen LogP contribution in [0.15, 0.2) is 79.1 Å². The molecule has 0 saturated carbocycles. The van der Waals surface area contributed by atoms with Crippen LogP contribution in [0, 0.1) is 5.82 Å². The lowest BCUT2D eigenvalue weighted by molar-refractivity contribution is 0.419. The van der Waals surface area contributed by atoms with E-state index in [1.807, 2.05) is 48.5 Å². The van der Waals surface area contributed by atoms with E-state index >= 15 is 0 Å². The topological polar surface area (TPSA) is 51.1 Å². The van der Waals surface area contributed by atoms with E-state index < -0.39 is 0 Å². The summed E-state index contributed by atoms with van der Waals surface area (Å²) in [7, 11) is 1.60. The van der Waals surface area contributed by atoms with Crippen LogP contribution in [0.3, 0.4) is 0 Å². The molecular weight excluding hydrogens is 463 g/mol. The van der Waals surface area contributed by atoms with Gasteiger partial charge in [0, 0.05) is 46.2 Å². The van der Waals surface area contributed by atoms with Crippen LogP contribution in [0.4, 0.5) is 15.9 Å². The summed E-state index contributed by atoms with van der Waals surface area (Å²) in [6.07, 6.45) is 4.30. The van der Waals surface area contributed by atoms with Crippen molar-refractivity contribution >= 4 is 34.0 Å². The molecular formula is C28H20ClFN4O. The van der Waals surface area contributed by atoms with Gasteiger partial charge in [0.15, 0.2) is 5.82 Å². The average molecular weight is 483 g/mol. The number of aromatic nitrogens is 3. The second kappa shape index (κ2) is 8.64. The van der Waals surface area contributed by atoms with Gasteiger partial charge in [-0.1, -0.05) is 29.8 Å². The van der Waals surface area contributed by atoms with Crippen molar-refractivity contribution in [1.29, 1.82) is 0 Å². The van der Waals surface area contributed by atoms with Crippen LogP contribution in [0.1, 0.15) is 5.56 Å². The van der Waals surface area contributed by atoms with Gasteiger partial charge in [0.1, 0.15) is 22.9 Å². The minimum absolute atomic E-state index is 0.301. The lowest BCUT2D eigenvalue weighted by Crippen LogP contribution is -2.16. The molecule has 0 aliphatic carbocycles. The number of hydrogen-bond acceptors (Lipinski definition) is 5. The summed E-state index contributed by atoms with van der Waals surface area (Å²) in [5.74, 6) is 1.51. The molecule has 2 aromatic heterocycles. The number of ether oxygens (including phenoxy) is 1. The fourth-order valence-electron chi connectivity index (χ4n) is 4.61. The highest BCUT2D eigenvalue weighted by molar-refractivity contribution is 6.30. The Balaban J connectivity index is 1.65. The molecule has 0 radical (unpaired) electrons. The first-order valence-electron chi connectivity index (χ1n) is 11.2. The molecule has 6 rings (SSSR count). The minimum Gasteiger partial charge on any atom is -0.494 e. The molecule has 0 saturated heterocycles. The maximum absolute atomic E-state index is 14.7. The van der Waals surface area contributed by atoms with Crippen LogP contribution in [-0.4, -0.2) is 28.6 Å². The van der Waals surface area contributed by atoms with E-state index in [0.29, 0.717) is 33.2 Å². The van der Waals surface area contributed by atoms with Crippen LogP contribution in [0.2, 0.25) is 5.02 Å². The number of methoxy groups -OCH3 is 1. The maximum atomic E-state index is 14.7. The Kier molecular flexibility index (Phi) is 5.30. The molecule has 5 aromatic rings. The van der Waals surface area contributed by atoms with Crippen LogP contribution >= 0.6 is 11.6 Å². The van der Waals surface area contributed by atoms with Gasteiger partial charge in [-0.05, 0) is 66.1 Å². The molecule has 1 aliphatic heterocycles. The molecule has 0 unspecified atom stereocenters. The zero-order chi connectivity index (χ0) is 23.9. The molecule has 3 heterocycles. The fourth-order valence-corrected chi connectivity index (χ4v) is 4.81. The highest BCUT2D eigenvalue weighted by atomic mass is 35.5. The lowest BCUT2D eigenvalue weighted by Gasteiger charge is -2.22. The third kappa shape index (κ3) is 3.76. The van der Waals surface area contributed by atoms with Gasteiger partial charge in [0.25, 0.3) is 0 Å². The molecule has 1 aliphatic rings. The van der Waals surface area contributed by atoms with E-state index in [-0.39, 0.29) is 5.82 Å². The normalized spacial score (nSPS) is 12.7. The predicted molar refractivity (Wildman–Crippen MR) is 137 cm³/mol. The lowest BCUT2D eigenvalue weighted by atomic mass is 10.0. The number of nitrogens with zero attached hydrogens (tertiary/aromatic N) is 4. The number of fused-ring (bicyclic) bond motifs is 2. The number of benzene rings is 3. The van der Waals surface area contributed by atoms with E-state index in [1.54, 1.807) is 31.6 Å². The summed E-state index contributed by atoms with van der Waals surface area (Å²) in [4.78, 5) is 16.3. The Morgan fingerprint density at radius 3 is 2.66 bits per heavy atom. The molecule has 0 bridgehead atoms. The average Bonchev–Trinajstić information content (AvgIpc) is 3.31. The maximum Gasteiger partial charge on any atom is 0.163 e. The van der Waals surface area contributed by atoms with Crippen molar-refractivity contribution in [3.63, 3.8) is 0 Å². The monoisotopic (exact) mass is 482 g/mol. The summed E-state index contributed by atoms with van der Waals surface area (Å²) in [5, 5.41) is 1.48. The quantitative estimate of drug-likeness (QED) is 0.280. The first kappa shape index (κ1) is 21.5. The number of hydrogen-bond donors (Lipinski definition) is 0. The Hall–Kier alpha value is -4.03. The third-order valence-corrected chi connectivity index (χ3v) is 6.50. The Labute approximate surface area is 206 Å². The van der Waals surface area contributed by atoms with Gasteiger partial charge in [0.05, 0.1) is 7.11 Å². The highest BCUT2D eigenvalue weighted by Crippen LogP contribution is 2.42. The van der Waals surface area contributed by atoms with Crippen molar-refractivity contribution in [3.05, 3.63) is 95.5 Å². The van der Waals surface area contributed by atoms with Crippen molar-refractivity contribution in [2.45, 2.75) is 6.42 Å². The van der Waals surface area contributed by atoms with Gasteiger partial charge in [-0.25, -0.2) is 14.4 Å². The molecule has 7 heteroatoms. The summed E-state index contributed by atoms with van der Waals surface area (Å²) in [6.45, 7) is 0.737. The summed E-state index contributed by atoms with van der Waals surface area (Å²) in [6, 6.07) is 20.1. The van der Waals surface area contributed by atoms with Gasteiger partial charge in [-0.2, -0.15) is 0 Å². The second-order valence-electron chi connectivity index (χ2n) is 8.34.